The molecule has 1 aromatic rings. The molecule has 1 aromatic carbocycles. The van der Waals surface area contributed by atoms with Crippen molar-refractivity contribution in [2.24, 2.45) is 4.99 Å². The molecule has 94 valence electrons. The average molecular weight is 273 g/mol. The second-order valence-corrected chi connectivity index (χ2v) is 4.83. The normalized spacial score (nSPS) is 12.0. The van der Waals surface area contributed by atoms with Crippen LogP contribution in [0.4, 0.5) is 5.69 Å². The van der Waals surface area contributed by atoms with Crippen LogP contribution in [0.2, 0.25) is 0 Å². The lowest BCUT2D eigenvalue weighted by Crippen LogP contribution is -2.34. The van der Waals surface area contributed by atoms with Gasteiger partial charge >= 0.3 is 0 Å². The van der Waals surface area contributed by atoms with Gasteiger partial charge in [-0.05, 0) is 32.4 Å². The van der Waals surface area contributed by atoms with E-state index in [9.17, 15) is 0 Å². The Bertz CT molecular complexity index is 385. The van der Waals surface area contributed by atoms with E-state index in [2.05, 4.69) is 23.7 Å². The summed E-state index contributed by atoms with van der Waals surface area (Å²) in [5.74, 6) is 0.715. The fourth-order valence-corrected chi connectivity index (χ4v) is 1.99. The highest BCUT2D eigenvalue weighted by Crippen LogP contribution is 2.20. The van der Waals surface area contributed by atoms with Gasteiger partial charge in [-0.25, -0.2) is 4.99 Å². The first-order chi connectivity index (χ1) is 8.10. The van der Waals surface area contributed by atoms with Crippen molar-refractivity contribution < 1.29 is 0 Å². The molecule has 4 heteroatoms. The molecule has 2 nitrogen and oxygen atoms in total. The van der Waals surface area contributed by atoms with Gasteiger partial charge in [0.15, 0.2) is 4.84 Å². The number of hydrogen-bond donors (Lipinski definition) is 0. The Hall–Kier alpha value is -0.730. The van der Waals surface area contributed by atoms with Gasteiger partial charge in [-0.2, -0.15) is 0 Å². The first-order valence-corrected chi connectivity index (χ1v) is 6.64. The van der Waals surface area contributed by atoms with Crippen LogP contribution >= 0.6 is 23.2 Å². The number of para-hydroxylation sites is 1. The highest BCUT2D eigenvalue weighted by molar-refractivity contribution is 6.54. The van der Waals surface area contributed by atoms with Gasteiger partial charge in [-0.1, -0.05) is 41.4 Å². The summed E-state index contributed by atoms with van der Waals surface area (Å²) in [5.41, 5.74) is 2.03. The summed E-state index contributed by atoms with van der Waals surface area (Å²) in [4.78, 5) is 6.04. The van der Waals surface area contributed by atoms with Crippen LogP contribution < -0.4 is 0 Å². The van der Waals surface area contributed by atoms with Crippen LogP contribution in [0.3, 0.4) is 0 Å². The third kappa shape index (κ3) is 3.90. The molecule has 0 atom stereocenters. The van der Waals surface area contributed by atoms with E-state index in [0.29, 0.717) is 5.84 Å². The summed E-state index contributed by atoms with van der Waals surface area (Å²) in [7, 11) is 0. The summed E-state index contributed by atoms with van der Waals surface area (Å²) >= 11 is 12.0. The minimum atomic E-state index is -0.602. The molecular formula is C13H18Cl2N2. The highest BCUT2D eigenvalue weighted by Gasteiger charge is 2.15. The number of hydrogen-bond acceptors (Lipinski definition) is 1. The molecule has 0 aliphatic heterocycles. The largest absolute Gasteiger partial charge is 0.358 e. The fourth-order valence-electron chi connectivity index (χ4n) is 1.62. The molecule has 0 spiro atoms. The third-order valence-electron chi connectivity index (χ3n) is 2.63. The Kier molecular flexibility index (Phi) is 5.79. The molecule has 0 amide bonds. The van der Waals surface area contributed by atoms with Crippen LogP contribution in [0, 0.1) is 6.92 Å². The minimum absolute atomic E-state index is 0.602. The Morgan fingerprint density at radius 2 is 1.82 bits per heavy atom. The van der Waals surface area contributed by atoms with E-state index < -0.39 is 4.84 Å². The van der Waals surface area contributed by atoms with Crippen molar-refractivity contribution in [3.05, 3.63) is 29.8 Å². The number of benzene rings is 1. The molecular weight excluding hydrogens is 255 g/mol. The molecule has 0 fully saturated rings. The Morgan fingerprint density at radius 3 is 2.29 bits per heavy atom. The Labute approximate surface area is 113 Å². The standard InChI is InChI=1S/C13H18Cl2N2/c1-4-17(5-2)13(12(14)15)16-11-9-7-6-8-10(11)3/h6-9,12H,4-5H2,1-3H3. The average Bonchev–Trinajstić information content (AvgIpc) is 2.31. The number of nitrogens with zero attached hydrogens (tertiary/aromatic N) is 2. The van der Waals surface area contributed by atoms with E-state index >= 15 is 0 Å². The first kappa shape index (κ1) is 14.3. The van der Waals surface area contributed by atoms with Gasteiger partial charge in [0.05, 0.1) is 5.69 Å². The predicted molar refractivity (Wildman–Crippen MR) is 76.7 cm³/mol. The Morgan fingerprint density at radius 1 is 1.24 bits per heavy atom. The smallest absolute Gasteiger partial charge is 0.164 e. The van der Waals surface area contributed by atoms with Crippen molar-refractivity contribution in [2.75, 3.05) is 13.1 Å². The molecule has 0 bridgehead atoms. The maximum Gasteiger partial charge on any atom is 0.164 e. The molecule has 0 aliphatic carbocycles. The van der Waals surface area contributed by atoms with Crippen molar-refractivity contribution in [2.45, 2.75) is 25.6 Å². The summed E-state index contributed by atoms with van der Waals surface area (Å²) in [6.07, 6.45) is 0. The second-order valence-electron chi connectivity index (χ2n) is 3.73. The molecule has 0 heterocycles. The molecule has 0 saturated carbocycles. The number of halogens is 2. The predicted octanol–water partition coefficient (Wildman–Crippen LogP) is 4.17. The fraction of sp³-hybridized carbons (Fsp3) is 0.462. The molecule has 0 unspecified atom stereocenters. The third-order valence-corrected chi connectivity index (χ3v) is 3.02. The highest BCUT2D eigenvalue weighted by atomic mass is 35.5. The number of aryl methyl sites for hydroxylation is 1. The van der Waals surface area contributed by atoms with Gasteiger partial charge in [-0.3, -0.25) is 0 Å². The maximum absolute atomic E-state index is 5.99. The van der Waals surface area contributed by atoms with Gasteiger partial charge < -0.3 is 4.90 Å². The van der Waals surface area contributed by atoms with Crippen LogP contribution in [0.5, 0.6) is 0 Å². The zero-order valence-corrected chi connectivity index (χ0v) is 12.0. The van der Waals surface area contributed by atoms with Crippen molar-refractivity contribution in [1.29, 1.82) is 0 Å². The molecule has 17 heavy (non-hydrogen) atoms. The lowest BCUT2D eigenvalue weighted by atomic mass is 10.2. The molecule has 1 rings (SSSR count). The molecule has 0 saturated heterocycles. The van der Waals surface area contributed by atoms with E-state index in [1.54, 1.807) is 0 Å². The Balaban J connectivity index is 3.10. The molecule has 0 aromatic heterocycles. The molecule has 0 N–H and O–H groups in total. The van der Waals surface area contributed by atoms with Gasteiger partial charge in [0, 0.05) is 13.1 Å². The zero-order chi connectivity index (χ0) is 12.8. The van der Waals surface area contributed by atoms with E-state index in [0.717, 1.165) is 24.3 Å². The van der Waals surface area contributed by atoms with Crippen LogP contribution in [-0.2, 0) is 0 Å². The van der Waals surface area contributed by atoms with Crippen molar-refractivity contribution in [3.63, 3.8) is 0 Å². The maximum atomic E-state index is 5.99. The topological polar surface area (TPSA) is 15.6 Å². The summed E-state index contributed by atoms with van der Waals surface area (Å²) in [6, 6.07) is 7.94. The number of rotatable bonds is 4. The van der Waals surface area contributed by atoms with Crippen molar-refractivity contribution in [3.8, 4) is 0 Å². The SMILES string of the molecule is CCN(CC)C(=Nc1ccccc1C)C(Cl)Cl. The van der Waals surface area contributed by atoms with Gasteiger partial charge in [0.25, 0.3) is 0 Å². The van der Waals surface area contributed by atoms with E-state index in [4.69, 9.17) is 23.2 Å². The molecule has 0 radical (unpaired) electrons. The van der Waals surface area contributed by atoms with E-state index in [1.807, 2.05) is 31.2 Å². The summed E-state index contributed by atoms with van der Waals surface area (Å²) in [5, 5.41) is 0. The van der Waals surface area contributed by atoms with Crippen molar-refractivity contribution in [1.82, 2.24) is 4.90 Å². The monoisotopic (exact) mass is 272 g/mol. The lowest BCUT2D eigenvalue weighted by molar-refractivity contribution is 0.461. The number of aliphatic imine (C=N–C) groups is 1. The lowest BCUT2D eigenvalue weighted by Gasteiger charge is -2.24. The summed E-state index contributed by atoms with van der Waals surface area (Å²) < 4.78 is 0. The number of amidine groups is 1. The first-order valence-electron chi connectivity index (χ1n) is 5.77. The van der Waals surface area contributed by atoms with E-state index in [1.165, 1.54) is 0 Å². The van der Waals surface area contributed by atoms with Gasteiger partial charge in [0.1, 0.15) is 5.84 Å². The quantitative estimate of drug-likeness (QED) is 0.456. The van der Waals surface area contributed by atoms with Gasteiger partial charge in [-0.15, -0.1) is 0 Å². The zero-order valence-electron chi connectivity index (χ0n) is 10.5. The van der Waals surface area contributed by atoms with Gasteiger partial charge in [0.2, 0.25) is 0 Å². The second kappa shape index (κ2) is 6.87. The summed E-state index contributed by atoms with van der Waals surface area (Å²) in [6.45, 7) is 7.84. The van der Waals surface area contributed by atoms with Crippen molar-refractivity contribution >= 4 is 34.7 Å². The minimum Gasteiger partial charge on any atom is -0.358 e. The van der Waals surface area contributed by atoms with Crippen LogP contribution in [0.25, 0.3) is 0 Å². The van der Waals surface area contributed by atoms with Crippen LogP contribution in [0.15, 0.2) is 29.3 Å². The molecule has 0 aliphatic rings. The van der Waals surface area contributed by atoms with Crippen LogP contribution in [0.1, 0.15) is 19.4 Å². The van der Waals surface area contributed by atoms with Crippen LogP contribution in [-0.4, -0.2) is 28.7 Å². The van der Waals surface area contributed by atoms with E-state index in [-0.39, 0.29) is 0 Å². The number of alkyl halides is 2.